The topological polar surface area (TPSA) is 47.8 Å². The zero-order valence-electron chi connectivity index (χ0n) is 8.66. The Kier molecular flexibility index (Phi) is 2.35. The third-order valence-electron chi connectivity index (χ3n) is 2.91. The van der Waals surface area contributed by atoms with E-state index in [0.29, 0.717) is 24.5 Å². The van der Waals surface area contributed by atoms with E-state index in [0.717, 1.165) is 24.5 Å². The first-order valence-corrected chi connectivity index (χ1v) is 5.06. The molecular formula is C10H15N3O. The lowest BCUT2D eigenvalue weighted by Crippen LogP contribution is -2.13. The third kappa shape index (κ3) is 1.69. The predicted molar refractivity (Wildman–Crippen MR) is 52.0 cm³/mol. The van der Waals surface area contributed by atoms with Crippen molar-refractivity contribution >= 4 is 5.78 Å². The molecule has 1 aliphatic carbocycles. The molecule has 4 heteroatoms. The van der Waals surface area contributed by atoms with E-state index >= 15 is 0 Å². The molecule has 1 aromatic rings. The number of aryl methyl sites for hydroxylation is 2. The highest BCUT2D eigenvalue weighted by Crippen LogP contribution is 2.28. The van der Waals surface area contributed by atoms with Gasteiger partial charge in [-0.1, -0.05) is 0 Å². The van der Waals surface area contributed by atoms with Crippen molar-refractivity contribution in [3.8, 4) is 0 Å². The van der Waals surface area contributed by atoms with Crippen LogP contribution in [0.3, 0.4) is 0 Å². The summed E-state index contributed by atoms with van der Waals surface area (Å²) in [6, 6.07) is 0. The number of Topliss-reactive ketones (excluding diaryl/α,β-unsaturated/α-hetero) is 1. The van der Waals surface area contributed by atoms with Crippen LogP contribution < -0.4 is 0 Å². The summed E-state index contributed by atoms with van der Waals surface area (Å²) in [6.45, 7) is 1.95. The maximum absolute atomic E-state index is 11.1. The molecule has 0 atom stereocenters. The van der Waals surface area contributed by atoms with E-state index in [2.05, 4.69) is 10.1 Å². The van der Waals surface area contributed by atoms with Crippen LogP contribution in [0.25, 0.3) is 0 Å². The molecule has 0 radical (unpaired) electrons. The molecule has 0 bridgehead atoms. The molecule has 76 valence electrons. The molecule has 0 saturated heterocycles. The van der Waals surface area contributed by atoms with Crippen LogP contribution in [0.2, 0.25) is 0 Å². The molecule has 14 heavy (non-hydrogen) atoms. The van der Waals surface area contributed by atoms with Crippen molar-refractivity contribution in [2.24, 2.45) is 7.05 Å². The molecule has 1 saturated carbocycles. The maximum atomic E-state index is 11.1. The van der Waals surface area contributed by atoms with E-state index in [-0.39, 0.29) is 0 Å². The van der Waals surface area contributed by atoms with E-state index in [4.69, 9.17) is 0 Å². The first-order chi connectivity index (χ1) is 6.66. The van der Waals surface area contributed by atoms with Gasteiger partial charge in [-0.25, -0.2) is 4.98 Å². The SMILES string of the molecule is Cc1nc(C2CCC(=O)CC2)nn1C. The molecule has 0 amide bonds. The highest BCUT2D eigenvalue weighted by atomic mass is 16.1. The molecule has 4 nitrogen and oxygen atoms in total. The minimum absolute atomic E-state index is 0.383. The Morgan fingerprint density at radius 1 is 1.36 bits per heavy atom. The summed E-state index contributed by atoms with van der Waals surface area (Å²) in [6.07, 6.45) is 3.23. The van der Waals surface area contributed by atoms with Crippen LogP contribution in [-0.2, 0) is 11.8 Å². The highest BCUT2D eigenvalue weighted by Gasteiger charge is 2.23. The van der Waals surface area contributed by atoms with Gasteiger partial charge in [0.1, 0.15) is 11.6 Å². The summed E-state index contributed by atoms with van der Waals surface area (Å²) in [7, 11) is 1.90. The summed E-state index contributed by atoms with van der Waals surface area (Å²) in [4.78, 5) is 15.5. The number of hydrogen-bond donors (Lipinski definition) is 0. The Bertz CT molecular complexity index is 327. The zero-order valence-corrected chi connectivity index (χ0v) is 8.66. The van der Waals surface area contributed by atoms with E-state index in [1.54, 1.807) is 4.68 Å². The number of carbonyl (C=O) groups is 1. The van der Waals surface area contributed by atoms with Gasteiger partial charge in [-0.15, -0.1) is 0 Å². The van der Waals surface area contributed by atoms with Gasteiger partial charge in [0.15, 0.2) is 5.82 Å². The van der Waals surface area contributed by atoms with E-state index in [1.807, 2.05) is 14.0 Å². The summed E-state index contributed by atoms with van der Waals surface area (Å²) in [5, 5.41) is 4.35. The molecule has 2 rings (SSSR count). The van der Waals surface area contributed by atoms with Crippen molar-refractivity contribution in [1.82, 2.24) is 14.8 Å². The van der Waals surface area contributed by atoms with E-state index in [1.165, 1.54) is 0 Å². The van der Waals surface area contributed by atoms with Gasteiger partial charge in [0.05, 0.1) is 0 Å². The van der Waals surface area contributed by atoms with Crippen LogP contribution in [0.4, 0.5) is 0 Å². The maximum Gasteiger partial charge on any atom is 0.154 e. The fraction of sp³-hybridized carbons (Fsp3) is 0.700. The molecule has 0 unspecified atom stereocenters. The van der Waals surface area contributed by atoms with Crippen LogP contribution in [0, 0.1) is 6.92 Å². The van der Waals surface area contributed by atoms with E-state index < -0.39 is 0 Å². The summed E-state index contributed by atoms with van der Waals surface area (Å²) in [5.41, 5.74) is 0. The second kappa shape index (κ2) is 3.52. The van der Waals surface area contributed by atoms with Gasteiger partial charge in [-0.05, 0) is 19.8 Å². The number of nitrogens with zero attached hydrogens (tertiary/aromatic N) is 3. The molecule has 0 aliphatic heterocycles. The minimum atomic E-state index is 0.383. The second-order valence-corrected chi connectivity index (χ2v) is 3.95. The molecule has 0 spiro atoms. The third-order valence-corrected chi connectivity index (χ3v) is 2.91. The summed E-state index contributed by atoms with van der Waals surface area (Å²) in [5.74, 6) is 2.64. The molecular weight excluding hydrogens is 178 g/mol. The first-order valence-electron chi connectivity index (χ1n) is 5.06. The first kappa shape index (κ1) is 9.37. The van der Waals surface area contributed by atoms with Gasteiger partial charge >= 0.3 is 0 Å². The molecule has 1 fully saturated rings. The average molecular weight is 193 g/mol. The van der Waals surface area contributed by atoms with Gasteiger partial charge in [0, 0.05) is 25.8 Å². The van der Waals surface area contributed by atoms with Crippen molar-refractivity contribution < 1.29 is 4.79 Å². The average Bonchev–Trinajstić information content (AvgIpc) is 2.48. The molecule has 1 aromatic heterocycles. The van der Waals surface area contributed by atoms with Gasteiger partial charge in [0.2, 0.25) is 0 Å². The Balaban J connectivity index is 2.12. The van der Waals surface area contributed by atoms with Crippen LogP contribution in [-0.4, -0.2) is 20.5 Å². The Morgan fingerprint density at radius 3 is 2.50 bits per heavy atom. The normalized spacial score (nSPS) is 18.9. The molecule has 0 N–H and O–H groups in total. The Labute approximate surface area is 83.3 Å². The van der Waals surface area contributed by atoms with Crippen molar-refractivity contribution in [2.75, 3.05) is 0 Å². The lowest BCUT2D eigenvalue weighted by Gasteiger charge is -2.17. The van der Waals surface area contributed by atoms with Crippen molar-refractivity contribution in [1.29, 1.82) is 0 Å². The van der Waals surface area contributed by atoms with Crippen LogP contribution in [0.5, 0.6) is 0 Å². The highest BCUT2D eigenvalue weighted by molar-refractivity contribution is 5.79. The number of carbonyl (C=O) groups excluding carboxylic acids is 1. The lowest BCUT2D eigenvalue weighted by atomic mass is 9.88. The lowest BCUT2D eigenvalue weighted by molar-refractivity contribution is -0.120. The number of hydrogen-bond acceptors (Lipinski definition) is 3. The van der Waals surface area contributed by atoms with Crippen LogP contribution >= 0.6 is 0 Å². The standard InChI is InChI=1S/C10H15N3O/c1-7-11-10(12-13(7)2)8-3-5-9(14)6-4-8/h8H,3-6H2,1-2H3. The van der Waals surface area contributed by atoms with E-state index in [9.17, 15) is 4.79 Å². The van der Waals surface area contributed by atoms with Crippen molar-refractivity contribution in [3.63, 3.8) is 0 Å². The fourth-order valence-electron chi connectivity index (χ4n) is 1.86. The van der Waals surface area contributed by atoms with Crippen LogP contribution in [0.1, 0.15) is 43.3 Å². The van der Waals surface area contributed by atoms with Gasteiger partial charge in [-0.2, -0.15) is 5.10 Å². The largest absolute Gasteiger partial charge is 0.300 e. The van der Waals surface area contributed by atoms with Gasteiger partial charge in [-0.3, -0.25) is 9.48 Å². The molecule has 0 aromatic carbocycles. The number of rotatable bonds is 1. The van der Waals surface area contributed by atoms with Crippen LogP contribution in [0.15, 0.2) is 0 Å². The zero-order chi connectivity index (χ0) is 10.1. The second-order valence-electron chi connectivity index (χ2n) is 3.95. The quantitative estimate of drug-likeness (QED) is 0.676. The van der Waals surface area contributed by atoms with Gasteiger partial charge in [0.25, 0.3) is 0 Å². The summed E-state index contributed by atoms with van der Waals surface area (Å²) >= 11 is 0. The minimum Gasteiger partial charge on any atom is -0.300 e. The van der Waals surface area contributed by atoms with Crippen molar-refractivity contribution in [3.05, 3.63) is 11.6 Å². The van der Waals surface area contributed by atoms with Crippen molar-refractivity contribution in [2.45, 2.75) is 38.5 Å². The predicted octanol–water partition coefficient (Wildman–Crippen LogP) is 1.35. The number of aromatic nitrogens is 3. The molecule has 1 heterocycles. The fourth-order valence-corrected chi connectivity index (χ4v) is 1.86. The Morgan fingerprint density at radius 2 is 2.00 bits per heavy atom. The number of ketones is 1. The Hall–Kier alpha value is -1.19. The van der Waals surface area contributed by atoms with Gasteiger partial charge < -0.3 is 0 Å². The molecule has 1 aliphatic rings. The monoisotopic (exact) mass is 193 g/mol. The smallest absolute Gasteiger partial charge is 0.154 e. The summed E-state index contributed by atoms with van der Waals surface area (Å²) < 4.78 is 1.80.